The molecule has 0 aliphatic carbocycles. The van der Waals surface area contributed by atoms with Gasteiger partial charge in [-0.05, 0) is 38.4 Å². The zero-order chi connectivity index (χ0) is 14.3. The van der Waals surface area contributed by atoms with Crippen LogP contribution in [-0.2, 0) is 10.0 Å². The molecule has 20 heavy (non-hydrogen) atoms. The Morgan fingerprint density at radius 1 is 1.30 bits per heavy atom. The van der Waals surface area contributed by atoms with Gasteiger partial charge in [-0.1, -0.05) is 0 Å². The van der Waals surface area contributed by atoms with Crippen LogP contribution in [0.15, 0.2) is 23.2 Å². The predicted molar refractivity (Wildman–Crippen MR) is 76.6 cm³/mol. The molecule has 1 aromatic heterocycles. The highest BCUT2D eigenvalue weighted by atomic mass is 32.2. The van der Waals surface area contributed by atoms with Crippen molar-refractivity contribution in [2.75, 3.05) is 25.9 Å². The maximum absolute atomic E-state index is 12.7. The summed E-state index contributed by atoms with van der Waals surface area (Å²) in [5, 5.41) is 0. The standard InChI is InChI=1S/C13H20N4O2S/c1-16-10-4-5-11(16)9-17(8-6-10)20(18,19)12-3-2-7-15-13(12)14/h2-3,7,10-11H,4-6,8-9H2,1H3,(H2,14,15). The largest absolute Gasteiger partial charge is 0.383 e. The number of nitrogens with two attached hydrogens (primary N) is 1. The van der Waals surface area contributed by atoms with Crippen molar-refractivity contribution in [3.05, 3.63) is 18.3 Å². The predicted octanol–water partition coefficient (Wildman–Crippen LogP) is 0.521. The lowest BCUT2D eigenvalue weighted by Crippen LogP contribution is -2.39. The Morgan fingerprint density at radius 2 is 2.05 bits per heavy atom. The van der Waals surface area contributed by atoms with E-state index >= 15 is 0 Å². The average Bonchev–Trinajstić information content (AvgIpc) is 2.62. The van der Waals surface area contributed by atoms with Crippen molar-refractivity contribution < 1.29 is 8.42 Å². The van der Waals surface area contributed by atoms with Gasteiger partial charge >= 0.3 is 0 Å². The molecule has 0 amide bonds. The fraction of sp³-hybridized carbons (Fsp3) is 0.615. The Bertz CT molecular complexity index is 604. The van der Waals surface area contributed by atoms with Crippen molar-refractivity contribution in [1.29, 1.82) is 0 Å². The Hall–Kier alpha value is -1.18. The minimum Gasteiger partial charge on any atom is -0.383 e. The van der Waals surface area contributed by atoms with Crippen molar-refractivity contribution >= 4 is 15.8 Å². The van der Waals surface area contributed by atoms with E-state index in [9.17, 15) is 8.42 Å². The lowest BCUT2D eigenvalue weighted by atomic mass is 10.1. The molecule has 1 aromatic rings. The number of anilines is 1. The van der Waals surface area contributed by atoms with Crippen LogP contribution in [0.5, 0.6) is 0 Å². The number of nitrogens with zero attached hydrogens (tertiary/aromatic N) is 3. The summed E-state index contributed by atoms with van der Waals surface area (Å²) >= 11 is 0. The number of likely N-dealkylation sites (N-methyl/N-ethyl adjacent to an activating group) is 1. The number of aromatic nitrogens is 1. The monoisotopic (exact) mass is 296 g/mol. The van der Waals surface area contributed by atoms with E-state index < -0.39 is 10.0 Å². The molecular weight excluding hydrogens is 276 g/mol. The molecule has 0 spiro atoms. The van der Waals surface area contributed by atoms with E-state index in [4.69, 9.17) is 5.73 Å². The molecule has 0 saturated carbocycles. The van der Waals surface area contributed by atoms with Crippen LogP contribution in [0, 0.1) is 0 Å². The van der Waals surface area contributed by atoms with Crippen molar-refractivity contribution in [2.24, 2.45) is 0 Å². The average molecular weight is 296 g/mol. The molecule has 0 aromatic carbocycles. The number of rotatable bonds is 2. The molecule has 2 aliphatic heterocycles. The highest BCUT2D eigenvalue weighted by molar-refractivity contribution is 7.89. The molecule has 2 unspecified atom stereocenters. The maximum Gasteiger partial charge on any atom is 0.246 e. The molecular formula is C13H20N4O2S. The van der Waals surface area contributed by atoms with E-state index in [1.165, 1.54) is 18.7 Å². The van der Waals surface area contributed by atoms with Crippen molar-refractivity contribution in [1.82, 2.24) is 14.2 Å². The highest BCUT2D eigenvalue weighted by Gasteiger charge is 2.39. The van der Waals surface area contributed by atoms with Crippen LogP contribution in [0.25, 0.3) is 0 Å². The summed E-state index contributed by atoms with van der Waals surface area (Å²) in [7, 11) is -1.45. The summed E-state index contributed by atoms with van der Waals surface area (Å²) in [4.78, 5) is 6.34. The summed E-state index contributed by atoms with van der Waals surface area (Å²) in [6.45, 7) is 1.10. The lowest BCUT2D eigenvalue weighted by Gasteiger charge is -2.25. The fourth-order valence-corrected chi connectivity index (χ4v) is 4.82. The van der Waals surface area contributed by atoms with Crippen LogP contribution in [0.3, 0.4) is 0 Å². The number of nitrogen functional groups attached to an aromatic ring is 1. The molecule has 0 radical (unpaired) electrons. The molecule has 2 saturated heterocycles. The molecule has 7 heteroatoms. The SMILES string of the molecule is CN1C2CCC1CN(S(=O)(=O)c1cccnc1N)CC2. The summed E-state index contributed by atoms with van der Waals surface area (Å²) in [6, 6.07) is 3.96. The van der Waals surface area contributed by atoms with Crippen LogP contribution < -0.4 is 5.73 Å². The van der Waals surface area contributed by atoms with Gasteiger partial charge in [-0.25, -0.2) is 13.4 Å². The minimum absolute atomic E-state index is 0.0789. The molecule has 2 N–H and O–H groups in total. The smallest absolute Gasteiger partial charge is 0.246 e. The number of pyridine rings is 1. The van der Waals surface area contributed by atoms with Crippen molar-refractivity contribution in [2.45, 2.75) is 36.2 Å². The normalized spacial score (nSPS) is 28.4. The van der Waals surface area contributed by atoms with Gasteiger partial charge in [0.15, 0.2) is 0 Å². The van der Waals surface area contributed by atoms with E-state index in [2.05, 4.69) is 16.9 Å². The lowest BCUT2D eigenvalue weighted by molar-refractivity contribution is 0.246. The number of hydrogen-bond donors (Lipinski definition) is 1. The van der Waals surface area contributed by atoms with E-state index in [0.717, 1.165) is 12.8 Å². The quantitative estimate of drug-likeness (QED) is 0.861. The van der Waals surface area contributed by atoms with Crippen LogP contribution in [0.1, 0.15) is 19.3 Å². The van der Waals surface area contributed by atoms with Crippen LogP contribution in [0.4, 0.5) is 5.82 Å². The first-order valence-electron chi connectivity index (χ1n) is 6.92. The summed E-state index contributed by atoms with van der Waals surface area (Å²) in [5.41, 5.74) is 5.73. The zero-order valence-corrected chi connectivity index (χ0v) is 12.4. The van der Waals surface area contributed by atoms with Crippen molar-refractivity contribution in [3.63, 3.8) is 0 Å². The van der Waals surface area contributed by atoms with E-state index in [-0.39, 0.29) is 10.7 Å². The van der Waals surface area contributed by atoms with Gasteiger partial charge in [0.05, 0.1) is 0 Å². The Kier molecular flexibility index (Phi) is 3.43. The third kappa shape index (κ3) is 2.19. The second-order valence-corrected chi connectivity index (χ2v) is 7.50. The number of fused-ring (bicyclic) bond motifs is 2. The second-order valence-electron chi connectivity index (χ2n) is 5.59. The van der Waals surface area contributed by atoms with Gasteiger partial charge < -0.3 is 5.73 Å². The Morgan fingerprint density at radius 3 is 2.80 bits per heavy atom. The first-order valence-corrected chi connectivity index (χ1v) is 8.36. The molecule has 2 bridgehead atoms. The van der Waals surface area contributed by atoms with Gasteiger partial charge in [0.2, 0.25) is 10.0 Å². The van der Waals surface area contributed by atoms with Crippen molar-refractivity contribution in [3.8, 4) is 0 Å². The van der Waals surface area contributed by atoms with E-state index in [1.807, 2.05) is 0 Å². The van der Waals surface area contributed by atoms with E-state index in [1.54, 1.807) is 10.4 Å². The van der Waals surface area contributed by atoms with Crippen LogP contribution >= 0.6 is 0 Å². The number of hydrogen-bond acceptors (Lipinski definition) is 5. The van der Waals surface area contributed by atoms with Gasteiger partial charge in [-0.3, -0.25) is 4.90 Å². The van der Waals surface area contributed by atoms with Crippen LogP contribution in [-0.4, -0.2) is 54.8 Å². The first kappa shape index (κ1) is 13.8. The molecule has 6 nitrogen and oxygen atoms in total. The highest BCUT2D eigenvalue weighted by Crippen LogP contribution is 2.31. The van der Waals surface area contributed by atoms with Gasteiger partial charge in [0.1, 0.15) is 10.7 Å². The third-order valence-electron chi connectivity index (χ3n) is 4.53. The zero-order valence-electron chi connectivity index (χ0n) is 11.6. The topological polar surface area (TPSA) is 79.5 Å². The third-order valence-corrected chi connectivity index (χ3v) is 6.44. The summed E-state index contributed by atoms with van der Waals surface area (Å²) < 4.78 is 27.0. The van der Waals surface area contributed by atoms with Gasteiger partial charge in [-0.2, -0.15) is 4.31 Å². The summed E-state index contributed by atoms with van der Waals surface area (Å²) in [6.07, 6.45) is 4.62. The fourth-order valence-electron chi connectivity index (χ4n) is 3.26. The number of sulfonamides is 1. The molecule has 2 atom stereocenters. The van der Waals surface area contributed by atoms with Gasteiger partial charge in [0.25, 0.3) is 0 Å². The Labute approximate surface area is 119 Å². The summed E-state index contributed by atoms with van der Waals surface area (Å²) in [5.74, 6) is 0.0789. The molecule has 110 valence electrons. The first-order chi connectivity index (χ1) is 9.50. The van der Waals surface area contributed by atoms with E-state index in [0.29, 0.717) is 25.2 Å². The van der Waals surface area contributed by atoms with Gasteiger partial charge in [0, 0.05) is 31.4 Å². The van der Waals surface area contributed by atoms with Crippen LogP contribution in [0.2, 0.25) is 0 Å². The molecule has 3 heterocycles. The second kappa shape index (κ2) is 4.98. The minimum atomic E-state index is -3.54. The maximum atomic E-state index is 12.7. The van der Waals surface area contributed by atoms with Gasteiger partial charge in [-0.15, -0.1) is 0 Å². The molecule has 2 aliphatic rings. The molecule has 2 fully saturated rings. The molecule has 3 rings (SSSR count). The Balaban J connectivity index is 1.91.